The average Bonchev–Trinajstić information content (AvgIpc) is 3.84. The molecule has 1 saturated carbocycles. The van der Waals surface area contributed by atoms with E-state index in [4.69, 9.17) is 18.9 Å². The van der Waals surface area contributed by atoms with E-state index in [1.807, 2.05) is 0 Å². The molecule has 1 aliphatic carbocycles. The summed E-state index contributed by atoms with van der Waals surface area (Å²) in [6.07, 6.45) is -3.28. The Balaban J connectivity index is 1.12. The molecule has 0 radical (unpaired) electrons. The molecular weight excluding hydrogens is 668 g/mol. The minimum absolute atomic E-state index is 0.0533. The van der Waals surface area contributed by atoms with Crippen LogP contribution in [-0.4, -0.2) is 96.8 Å². The van der Waals surface area contributed by atoms with Crippen molar-refractivity contribution in [1.29, 1.82) is 0 Å². The summed E-state index contributed by atoms with van der Waals surface area (Å²) < 4.78 is 52.0. The van der Waals surface area contributed by atoms with E-state index in [1.54, 1.807) is 57.2 Å². The van der Waals surface area contributed by atoms with Crippen molar-refractivity contribution in [3.63, 3.8) is 0 Å². The first-order valence-corrected chi connectivity index (χ1v) is 18.5. The number of aliphatic hydroxyl groups is 1. The Labute approximate surface area is 289 Å². The lowest BCUT2D eigenvalue weighted by molar-refractivity contribution is -0.212. The van der Waals surface area contributed by atoms with Crippen molar-refractivity contribution in [2.24, 2.45) is 22.2 Å². The first-order valence-electron chi connectivity index (χ1n) is 17.1. The predicted octanol–water partition coefficient (Wildman–Crippen LogP) is 2.44. The van der Waals surface area contributed by atoms with Crippen LogP contribution in [0.1, 0.15) is 62.4 Å². The summed E-state index contributed by atoms with van der Waals surface area (Å²) in [7, 11) is -3.78. The van der Waals surface area contributed by atoms with Crippen molar-refractivity contribution in [1.82, 2.24) is 9.21 Å². The number of carbonyl (C=O) groups is 4. The van der Waals surface area contributed by atoms with E-state index in [0.29, 0.717) is 31.6 Å². The number of fused-ring (bicyclic) bond motifs is 1. The van der Waals surface area contributed by atoms with E-state index < -0.39 is 80.5 Å². The Bertz CT molecular complexity index is 1900. The lowest BCUT2D eigenvalue weighted by atomic mass is 9.52. The van der Waals surface area contributed by atoms with Gasteiger partial charge in [0.15, 0.2) is 12.3 Å². The molecule has 1 N–H and O–H groups in total. The number of carbonyl (C=O) groups excluding carboxylic acids is 4. The van der Waals surface area contributed by atoms with Crippen LogP contribution in [-0.2, 0) is 45.0 Å². The number of piperidine rings is 1. The molecule has 2 aromatic rings. The third kappa shape index (κ3) is 4.27. The monoisotopic (exact) mass is 708 g/mol. The van der Waals surface area contributed by atoms with Crippen LogP contribution in [0.2, 0.25) is 0 Å². The number of hydrogen-bond acceptors (Lipinski definition) is 11. The van der Waals surface area contributed by atoms with Gasteiger partial charge in [0.2, 0.25) is 10.0 Å². The second kappa shape index (κ2) is 11.0. The van der Waals surface area contributed by atoms with Gasteiger partial charge in [-0.3, -0.25) is 14.4 Å². The minimum atomic E-state index is -3.78. The van der Waals surface area contributed by atoms with Crippen LogP contribution < -0.4 is 4.74 Å². The highest BCUT2D eigenvalue weighted by atomic mass is 32.2. The van der Waals surface area contributed by atoms with Crippen LogP contribution in [0.25, 0.3) is 0 Å². The summed E-state index contributed by atoms with van der Waals surface area (Å²) in [4.78, 5) is 56.9. The molecule has 5 fully saturated rings. The standard InChI is InChI=1S/C36H40N2O11S/c1-33(2,3)35(43)18-26-34(19-27(39)47-26)32(42)49-31-36(34,35)28(48-30(41)22-7-5-4-6-8-22)29(40)38(31)20-21-11-14-37(15-12-21)50(44,45)24-9-10-25-23(17-24)13-16-46-25/h4-10,17,21,26,28,31,43H,11-16,18-20H2,1-3H3/t26-,28-,31-,34-,35+,36?/m0/s1. The van der Waals surface area contributed by atoms with Gasteiger partial charge in [0.25, 0.3) is 5.91 Å². The minimum Gasteiger partial charge on any atom is -0.493 e. The number of likely N-dealkylation sites (tertiary alicyclic amines) is 1. The lowest BCUT2D eigenvalue weighted by Gasteiger charge is -2.51. The van der Waals surface area contributed by atoms with Gasteiger partial charge in [0.1, 0.15) is 22.7 Å². The predicted molar refractivity (Wildman–Crippen MR) is 173 cm³/mol. The number of nitrogens with zero attached hydrogens (tertiary/aromatic N) is 2. The van der Waals surface area contributed by atoms with Gasteiger partial charge in [-0.15, -0.1) is 0 Å². The maximum Gasteiger partial charge on any atom is 0.338 e. The number of sulfonamides is 1. The number of ether oxygens (including phenoxy) is 4. The molecule has 6 atom stereocenters. The molecule has 50 heavy (non-hydrogen) atoms. The summed E-state index contributed by atoms with van der Waals surface area (Å²) in [6, 6.07) is 13.0. The molecule has 8 rings (SSSR count). The summed E-state index contributed by atoms with van der Waals surface area (Å²) in [6.45, 7) is 6.28. The molecule has 14 heteroatoms. The van der Waals surface area contributed by atoms with Crippen LogP contribution >= 0.6 is 0 Å². The fourth-order valence-electron chi connectivity index (χ4n) is 9.61. The summed E-state index contributed by atoms with van der Waals surface area (Å²) in [5.74, 6) is -2.43. The van der Waals surface area contributed by atoms with Crippen LogP contribution in [0.5, 0.6) is 5.75 Å². The Morgan fingerprint density at radius 1 is 1.04 bits per heavy atom. The summed E-state index contributed by atoms with van der Waals surface area (Å²) in [5.41, 5.74) is -5.50. The highest BCUT2D eigenvalue weighted by Gasteiger charge is 2.93. The van der Waals surface area contributed by atoms with E-state index in [1.165, 1.54) is 21.3 Å². The molecule has 0 aromatic heterocycles. The van der Waals surface area contributed by atoms with Gasteiger partial charge < -0.3 is 29.0 Å². The van der Waals surface area contributed by atoms with E-state index in [-0.39, 0.29) is 42.4 Å². The zero-order valence-electron chi connectivity index (χ0n) is 28.1. The molecule has 4 saturated heterocycles. The van der Waals surface area contributed by atoms with Crippen molar-refractivity contribution < 1.29 is 51.6 Å². The van der Waals surface area contributed by atoms with Gasteiger partial charge in [-0.2, -0.15) is 4.31 Å². The first kappa shape index (κ1) is 33.2. The zero-order valence-corrected chi connectivity index (χ0v) is 28.9. The topological polar surface area (TPSA) is 166 Å². The smallest absolute Gasteiger partial charge is 0.338 e. The van der Waals surface area contributed by atoms with Crippen LogP contribution in [0.3, 0.4) is 0 Å². The van der Waals surface area contributed by atoms with Crippen LogP contribution in [0.15, 0.2) is 53.4 Å². The van der Waals surface area contributed by atoms with Gasteiger partial charge in [-0.25, -0.2) is 13.2 Å². The number of rotatable bonds is 6. The Morgan fingerprint density at radius 3 is 2.46 bits per heavy atom. The maximum atomic E-state index is 14.7. The van der Waals surface area contributed by atoms with Crippen molar-refractivity contribution in [2.45, 2.75) is 81.8 Å². The van der Waals surface area contributed by atoms with Crippen molar-refractivity contribution in [3.05, 3.63) is 59.7 Å². The number of amides is 1. The third-order valence-electron chi connectivity index (χ3n) is 12.1. The molecular formula is C36H40N2O11S. The van der Waals surface area contributed by atoms with Crippen molar-refractivity contribution >= 4 is 33.8 Å². The van der Waals surface area contributed by atoms with Gasteiger partial charge >= 0.3 is 17.9 Å². The van der Waals surface area contributed by atoms with Crippen LogP contribution in [0, 0.1) is 22.2 Å². The molecule has 13 nitrogen and oxygen atoms in total. The lowest BCUT2D eigenvalue weighted by Crippen LogP contribution is -2.66. The third-order valence-corrected chi connectivity index (χ3v) is 14.0. The maximum absolute atomic E-state index is 14.7. The van der Waals surface area contributed by atoms with Crippen molar-refractivity contribution in [3.8, 4) is 5.75 Å². The van der Waals surface area contributed by atoms with E-state index in [0.717, 1.165) is 5.56 Å². The second-order valence-corrected chi connectivity index (χ2v) is 17.4. The summed E-state index contributed by atoms with van der Waals surface area (Å²) in [5, 5.41) is 12.9. The molecule has 0 bridgehead atoms. The SMILES string of the molecule is CC(C)(C)[C@]1(O)C[C@@H]2OC(=O)C[C@@]23C(=O)O[C@@H]2N(CC4CCN(S(=O)(=O)c5ccc6c(c5)CCO6)CC4)C(=O)[C@H](OC(=O)c4ccccc4)C213. The van der Waals surface area contributed by atoms with Gasteiger partial charge in [0, 0.05) is 32.5 Å². The first-order chi connectivity index (χ1) is 23.6. The number of benzene rings is 2. The van der Waals surface area contributed by atoms with E-state index >= 15 is 0 Å². The van der Waals surface area contributed by atoms with E-state index in [2.05, 4.69) is 0 Å². The molecule has 1 unspecified atom stereocenters. The number of esters is 3. The molecule has 5 aliphatic heterocycles. The quantitative estimate of drug-likeness (QED) is 0.346. The molecule has 6 aliphatic rings. The largest absolute Gasteiger partial charge is 0.493 e. The zero-order chi connectivity index (χ0) is 35.4. The Kier molecular flexibility index (Phi) is 7.29. The molecule has 2 aromatic carbocycles. The van der Waals surface area contributed by atoms with Gasteiger partial charge in [0.05, 0.1) is 29.1 Å². The molecule has 1 amide bonds. The Morgan fingerprint density at radius 2 is 1.76 bits per heavy atom. The fourth-order valence-corrected chi connectivity index (χ4v) is 11.1. The molecule has 266 valence electrons. The summed E-state index contributed by atoms with van der Waals surface area (Å²) >= 11 is 0. The van der Waals surface area contributed by atoms with Crippen LogP contribution in [0.4, 0.5) is 0 Å². The molecule has 5 heterocycles. The fraction of sp³-hybridized carbons (Fsp3) is 0.556. The molecule has 2 spiro atoms. The average molecular weight is 709 g/mol. The van der Waals surface area contributed by atoms with E-state index in [9.17, 15) is 32.7 Å². The second-order valence-electron chi connectivity index (χ2n) is 15.4. The highest BCUT2D eigenvalue weighted by molar-refractivity contribution is 7.89. The Hall–Kier alpha value is -4.01. The van der Waals surface area contributed by atoms with Gasteiger partial charge in [-0.05, 0) is 60.1 Å². The highest BCUT2D eigenvalue weighted by Crippen LogP contribution is 2.76. The van der Waals surface area contributed by atoms with Crippen molar-refractivity contribution in [2.75, 3.05) is 26.2 Å². The normalized spacial score (nSPS) is 33.7. The van der Waals surface area contributed by atoms with Gasteiger partial charge in [-0.1, -0.05) is 39.0 Å². The number of hydrogen-bond donors (Lipinski definition) is 1.